The molecule has 0 saturated heterocycles. The third-order valence-corrected chi connectivity index (χ3v) is 5.81. The summed E-state index contributed by atoms with van der Waals surface area (Å²) < 4.78 is 32.3. The summed E-state index contributed by atoms with van der Waals surface area (Å²) in [6.07, 6.45) is 0. The number of halogens is 1. The second-order valence-electron chi connectivity index (χ2n) is 4.99. The number of ether oxygens (including phenoxy) is 1. The van der Waals surface area contributed by atoms with Gasteiger partial charge < -0.3 is 4.74 Å². The minimum Gasteiger partial charge on any atom is -0.465 e. The Kier molecular flexibility index (Phi) is 6.32. The fourth-order valence-electron chi connectivity index (χ4n) is 2.22. The van der Waals surface area contributed by atoms with Gasteiger partial charge in [0, 0.05) is 10.5 Å². The Morgan fingerprint density at radius 3 is 2.42 bits per heavy atom. The Balaban J connectivity index is 2.63. The van der Waals surface area contributed by atoms with Crippen molar-refractivity contribution in [2.45, 2.75) is 11.8 Å². The second-order valence-corrected chi connectivity index (χ2v) is 7.68. The molecular weight excluding hydrogens is 428 g/mol. The predicted molar refractivity (Wildman–Crippen MR) is 98.4 cm³/mol. The first-order valence-electron chi connectivity index (χ1n) is 7.45. The lowest BCUT2D eigenvalue weighted by atomic mass is 10.3. The van der Waals surface area contributed by atoms with E-state index in [1.807, 2.05) is 0 Å². The van der Waals surface area contributed by atoms with Crippen LogP contribution < -0.4 is 4.31 Å². The van der Waals surface area contributed by atoms with E-state index in [0.29, 0.717) is 4.47 Å². The molecule has 0 bridgehead atoms. The number of carbonyl (C=O) groups is 1. The fraction of sp³-hybridized carbons (Fsp3) is 0.188. The van der Waals surface area contributed by atoms with Crippen molar-refractivity contribution in [1.29, 1.82) is 0 Å². The quantitative estimate of drug-likeness (QED) is 0.370. The lowest BCUT2D eigenvalue weighted by molar-refractivity contribution is -0.387. The molecule has 0 N–H and O–H groups in total. The Labute approximate surface area is 158 Å². The van der Waals surface area contributed by atoms with E-state index in [4.69, 9.17) is 4.74 Å². The number of hydrogen-bond acceptors (Lipinski definition) is 6. The molecule has 0 amide bonds. The van der Waals surface area contributed by atoms with Crippen molar-refractivity contribution in [2.75, 3.05) is 17.5 Å². The molecule has 0 aliphatic rings. The van der Waals surface area contributed by atoms with Crippen LogP contribution in [0.4, 0.5) is 11.4 Å². The van der Waals surface area contributed by atoms with Gasteiger partial charge in [0.15, 0.2) is 4.90 Å². The smallest absolute Gasteiger partial charge is 0.326 e. The number of nitro benzene ring substituents is 1. The van der Waals surface area contributed by atoms with Gasteiger partial charge in [-0.1, -0.05) is 24.3 Å². The molecule has 0 heterocycles. The van der Waals surface area contributed by atoms with E-state index in [2.05, 4.69) is 15.9 Å². The summed E-state index contributed by atoms with van der Waals surface area (Å²) in [4.78, 5) is 21.9. The predicted octanol–water partition coefficient (Wildman–Crippen LogP) is 3.12. The molecule has 26 heavy (non-hydrogen) atoms. The van der Waals surface area contributed by atoms with E-state index >= 15 is 0 Å². The van der Waals surface area contributed by atoms with Gasteiger partial charge in [-0.3, -0.25) is 19.2 Å². The molecule has 0 spiro atoms. The van der Waals surface area contributed by atoms with Crippen LogP contribution in [0, 0.1) is 10.1 Å². The van der Waals surface area contributed by atoms with Crippen molar-refractivity contribution in [3.05, 3.63) is 63.1 Å². The maximum Gasteiger partial charge on any atom is 0.326 e. The maximum absolute atomic E-state index is 13.1. The van der Waals surface area contributed by atoms with Crippen molar-refractivity contribution in [3.63, 3.8) is 0 Å². The molecule has 2 rings (SSSR count). The van der Waals surface area contributed by atoms with Crippen molar-refractivity contribution < 1.29 is 22.9 Å². The minimum absolute atomic E-state index is 0.0775. The SMILES string of the molecule is CCOC(=O)CN(c1ccccc1Br)S(=O)(=O)c1ccccc1[N+](=O)[O-]. The average molecular weight is 443 g/mol. The van der Waals surface area contributed by atoms with Crippen LogP contribution in [0.15, 0.2) is 57.9 Å². The fourth-order valence-corrected chi connectivity index (χ4v) is 4.43. The third-order valence-electron chi connectivity index (χ3n) is 3.33. The van der Waals surface area contributed by atoms with Crippen molar-refractivity contribution >= 4 is 43.3 Å². The van der Waals surface area contributed by atoms with Crippen LogP contribution in [0.2, 0.25) is 0 Å². The number of hydrogen-bond donors (Lipinski definition) is 0. The molecule has 0 aliphatic heterocycles. The number of carbonyl (C=O) groups excluding carboxylic acids is 1. The van der Waals surface area contributed by atoms with Gasteiger partial charge in [0.25, 0.3) is 15.7 Å². The minimum atomic E-state index is -4.40. The number of esters is 1. The normalized spacial score (nSPS) is 11.0. The first-order valence-corrected chi connectivity index (χ1v) is 9.68. The van der Waals surface area contributed by atoms with Crippen molar-refractivity contribution in [1.82, 2.24) is 0 Å². The lowest BCUT2D eigenvalue weighted by Gasteiger charge is -2.24. The molecule has 8 nitrogen and oxygen atoms in total. The van der Waals surface area contributed by atoms with Gasteiger partial charge >= 0.3 is 5.97 Å². The molecule has 0 aromatic heterocycles. The molecule has 0 atom stereocenters. The summed E-state index contributed by atoms with van der Waals surface area (Å²) in [5.41, 5.74) is -0.410. The zero-order valence-corrected chi connectivity index (χ0v) is 16.1. The van der Waals surface area contributed by atoms with Crippen LogP contribution >= 0.6 is 15.9 Å². The van der Waals surface area contributed by atoms with E-state index in [9.17, 15) is 23.3 Å². The summed E-state index contributed by atoms with van der Waals surface area (Å²) in [5.74, 6) is -0.773. The third kappa shape index (κ3) is 4.20. The first-order chi connectivity index (χ1) is 12.3. The van der Waals surface area contributed by atoms with Crippen molar-refractivity contribution in [2.24, 2.45) is 0 Å². The molecule has 138 valence electrons. The number of anilines is 1. The number of sulfonamides is 1. The number of rotatable bonds is 7. The summed E-state index contributed by atoms with van der Waals surface area (Å²) in [6.45, 7) is 1.05. The molecule has 0 radical (unpaired) electrons. The maximum atomic E-state index is 13.1. The van der Waals surface area contributed by atoms with E-state index in [-0.39, 0.29) is 12.3 Å². The van der Waals surface area contributed by atoms with Gasteiger partial charge in [0.05, 0.1) is 17.2 Å². The molecule has 0 unspecified atom stereocenters. The summed E-state index contributed by atoms with van der Waals surface area (Å²) in [5, 5.41) is 11.2. The highest BCUT2D eigenvalue weighted by Crippen LogP contribution is 2.33. The standard InChI is InChI=1S/C16H15BrN2O6S/c1-2-25-16(20)11-18(13-8-4-3-7-12(13)17)26(23,24)15-10-6-5-9-14(15)19(21)22/h3-10H,2,11H2,1H3. The monoisotopic (exact) mass is 442 g/mol. The largest absolute Gasteiger partial charge is 0.465 e. The highest BCUT2D eigenvalue weighted by Gasteiger charge is 2.34. The molecule has 2 aromatic rings. The van der Waals surface area contributed by atoms with E-state index < -0.39 is 38.0 Å². The van der Waals surface area contributed by atoms with Crippen LogP contribution in [-0.4, -0.2) is 32.5 Å². The van der Waals surface area contributed by atoms with Gasteiger partial charge in [-0.25, -0.2) is 8.42 Å². The topological polar surface area (TPSA) is 107 Å². The zero-order valence-electron chi connectivity index (χ0n) is 13.7. The van der Waals surface area contributed by atoms with E-state index in [1.54, 1.807) is 25.1 Å². The molecule has 2 aromatic carbocycles. The molecule has 0 aliphatic carbocycles. The number of benzene rings is 2. The number of nitro groups is 1. The summed E-state index contributed by atoms with van der Waals surface area (Å²) in [7, 11) is -4.40. The summed E-state index contributed by atoms with van der Waals surface area (Å²) >= 11 is 3.25. The number of para-hydroxylation sites is 2. The summed E-state index contributed by atoms with van der Waals surface area (Å²) in [6, 6.07) is 11.3. The zero-order chi connectivity index (χ0) is 19.3. The van der Waals surface area contributed by atoms with Gasteiger partial charge in [0.2, 0.25) is 0 Å². The lowest BCUT2D eigenvalue weighted by Crippen LogP contribution is -2.37. The van der Waals surface area contributed by atoms with Gasteiger partial charge in [-0.15, -0.1) is 0 Å². The Bertz CT molecular complexity index is 932. The highest BCUT2D eigenvalue weighted by atomic mass is 79.9. The molecule has 0 fully saturated rings. The molecule has 10 heteroatoms. The highest BCUT2D eigenvalue weighted by molar-refractivity contribution is 9.10. The van der Waals surface area contributed by atoms with Gasteiger partial charge in [0.1, 0.15) is 6.54 Å². The van der Waals surface area contributed by atoms with Crippen LogP contribution in [0.25, 0.3) is 0 Å². The molecule has 0 saturated carbocycles. The van der Waals surface area contributed by atoms with Crippen LogP contribution in [0.3, 0.4) is 0 Å². The van der Waals surface area contributed by atoms with Gasteiger partial charge in [-0.2, -0.15) is 0 Å². The van der Waals surface area contributed by atoms with Crippen LogP contribution in [-0.2, 0) is 19.6 Å². The Hall–Kier alpha value is -2.46. The second kappa shape index (κ2) is 8.28. The van der Waals surface area contributed by atoms with Crippen LogP contribution in [0.5, 0.6) is 0 Å². The van der Waals surface area contributed by atoms with Crippen molar-refractivity contribution in [3.8, 4) is 0 Å². The molecular formula is C16H15BrN2O6S. The van der Waals surface area contributed by atoms with E-state index in [0.717, 1.165) is 16.4 Å². The van der Waals surface area contributed by atoms with Crippen LogP contribution in [0.1, 0.15) is 6.92 Å². The Morgan fingerprint density at radius 1 is 1.19 bits per heavy atom. The Morgan fingerprint density at radius 2 is 1.81 bits per heavy atom. The van der Waals surface area contributed by atoms with Gasteiger partial charge in [-0.05, 0) is 41.1 Å². The first kappa shape index (κ1) is 19.9. The number of nitrogens with zero attached hydrogens (tertiary/aromatic N) is 2. The average Bonchev–Trinajstić information content (AvgIpc) is 2.60. The van der Waals surface area contributed by atoms with E-state index in [1.165, 1.54) is 18.2 Å².